The van der Waals surface area contributed by atoms with Crippen LogP contribution in [0.3, 0.4) is 0 Å². The molecule has 0 amide bonds. The number of nitrogens with zero attached hydrogens (tertiary/aromatic N) is 2. The number of rotatable bonds is 4. The van der Waals surface area contributed by atoms with Crippen molar-refractivity contribution in [1.29, 1.82) is 0 Å². The molecule has 1 heterocycles. The molecule has 2 aromatic rings. The third-order valence-corrected chi connectivity index (χ3v) is 6.44. The first kappa shape index (κ1) is 17.4. The van der Waals surface area contributed by atoms with Gasteiger partial charge in [0, 0.05) is 37.7 Å². The predicted octanol–water partition coefficient (Wildman–Crippen LogP) is 2.99. The molecule has 4 nitrogen and oxygen atoms in total. The fraction of sp³-hybridized carbons (Fsp3) is 0.294. The Balaban J connectivity index is 1.67. The summed E-state index contributed by atoms with van der Waals surface area (Å²) in [6, 6.07) is 13.1. The van der Waals surface area contributed by atoms with Crippen molar-refractivity contribution in [2.24, 2.45) is 0 Å². The van der Waals surface area contributed by atoms with Crippen molar-refractivity contribution in [3.8, 4) is 0 Å². The zero-order chi connectivity index (χ0) is 17.2. The van der Waals surface area contributed by atoms with E-state index in [0.717, 1.165) is 5.56 Å². The second-order valence-electron chi connectivity index (χ2n) is 5.70. The minimum absolute atomic E-state index is 0.260. The van der Waals surface area contributed by atoms with E-state index in [1.165, 1.54) is 28.6 Å². The maximum atomic E-state index is 13.8. The summed E-state index contributed by atoms with van der Waals surface area (Å²) < 4.78 is 40.3. The van der Waals surface area contributed by atoms with Gasteiger partial charge in [0.2, 0.25) is 10.0 Å². The van der Waals surface area contributed by atoms with Gasteiger partial charge >= 0.3 is 0 Å². The Morgan fingerprint density at radius 1 is 0.958 bits per heavy atom. The molecule has 0 radical (unpaired) electrons. The fourth-order valence-electron chi connectivity index (χ4n) is 2.79. The quantitative estimate of drug-likeness (QED) is 0.833. The number of hydrogen-bond donors (Lipinski definition) is 0. The SMILES string of the molecule is O=S(=O)(c1ccccc1F)N1CCN(Cc2ccccc2Cl)CC1. The molecule has 7 heteroatoms. The van der Waals surface area contributed by atoms with Gasteiger partial charge in [-0.05, 0) is 23.8 Å². The lowest BCUT2D eigenvalue weighted by Gasteiger charge is -2.34. The summed E-state index contributed by atoms with van der Waals surface area (Å²) in [5, 5.41) is 0.707. The van der Waals surface area contributed by atoms with E-state index in [2.05, 4.69) is 4.90 Å². The van der Waals surface area contributed by atoms with E-state index in [-0.39, 0.29) is 4.90 Å². The lowest BCUT2D eigenvalue weighted by atomic mass is 10.2. The van der Waals surface area contributed by atoms with Gasteiger partial charge < -0.3 is 0 Å². The van der Waals surface area contributed by atoms with E-state index in [0.29, 0.717) is 37.7 Å². The smallest absolute Gasteiger partial charge is 0.246 e. The van der Waals surface area contributed by atoms with E-state index in [1.54, 1.807) is 0 Å². The first-order valence-electron chi connectivity index (χ1n) is 7.69. The van der Waals surface area contributed by atoms with Crippen LogP contribution in [0.4, 0.5) is 4.39 Å². The first-order valence-corrected chi connectivity index (χ1v) is 9.51. The molecule has 2 aromatic carbocycles. The van der Waals surface area contributed by atoms with E-state index in [4.69, 9.17) is 11.6 Å². The first-order chi connectivity index (χ1) is 11.5. The highest BCUT2D eigenvalue weighted by Gasteiger charge is 2.30. The summed E-state index contributed by atoms with van der Waals surface area (Å²) in [5.74, 6) is -0.712. The molecule has 1 fully saturated rings. The highest BCUT2D eigenvalue weighted by molar-refractivity contribution is 7.89. The van der Waals surface area contributed by atoms with Gasteiger partial charge in [0.1, 0.15) is 10.7 Å². The van der Waals surface area contributed by atoms with Crippen LogP contribution in [0.1, 0.15) is 5.56 Å². The molecule has 1 aliphatic heterocycles. The van der Waals surface area contributed by atoms with Crippen LogP contribution >= 0.6 is 11.6 Å². The molecule has 0 bridgehead atoms. The summed E-state index contributed by atoms with van der Waals surface area (Å²) >= 11 is 6.17. The normalized spacial score (nSPS) is 17.1. The largest absolute Gasteiger partial charge is 0.296 e. The highest BCUT2D eigenvalue weighted by Crippen LogP contribution is 2.22. The average Bonchev–Trinajstić information content (AvgIpc) is 2.58. The standard InChI is InChI=1S/C17H18ClFN2O2S/c18-15-6-2-1-5-14(15)13-20-9-11-21(12-10-20)24(22,23)17-8-4-3-7-16(17)19/h1-8H,9-13H2. The topological polar surface area (TPSA) is 40.6 Å². The zero-order valence-electron chi connectivity index (χ0n) is 13.0. The van der Waals surface area contributed by atoms with Crippen molar-refractivity contribution >= 4 is 21.6 Å². The van der Waals surface area contributed by atoms with Gasteiger partial charge in [0.15, 0.2) is 0 Å². The number of sulfonamides is 1. The highest BCUT2D eigenvalue weighted by atomic mass is 35.5. The fourth-order valence-corrected chi connectivity index (χ4v) is 4.47. The number of piperazine rings is 1. The van der Waals surface area contributed by atoms with Gasteiger partial charge in [-0.25, -0.2) is 12.8 Å². The summed E-state index contributed by atoms with van der Waals surface area (Å²) in [6.45, 7) is 2.51. The summed E-state index contributed by atoms with van der Waals surface area (Å²) in [4.78, 5) is 1.89. The van der Waals surface area contributed by atoms with Crippen molar-refractivity contribution in [2.45, 2.75) is 11.4 Å². The van der Waals surface area contributed by atoms with Crippen molar-refractivity contribution in [1.82, 2.24) is 9.21 Å². The lowest BCUT2D eigenvalue weighted by molar-refractivity contribution is 0.181. The molecule has 1 saturated heterocycles. The maximum absolute atomic E-state index is 13.8. The van der Waals surface area contributed by atoms with Crippen molar-refractivity contribution in [2.75, 3.05) is 26.2 Å². The molecule has 0 saturated carbocycles. The van der Waals surface area contributed by atoms with Gasteiger partial charge in [-0.1, -0.05) is 41.9 Å². The second-order valence-corrected chi connectivity index (χ2v) is 8.02. The van der Waals surface area contributed by atoms with Gasteiger partial charge in [-0.2, -0.15) is 4.31 Å². The van der Waals surface area contributed by atoms with Crippen LogP contribution in [0.2, 0.25) is 5.02 Å². The molecule has 3 rings (SSSR count). The van der Waals surface area contributed by atoms with Crippen LogP contribution < -0.4 is 0 Å². The molecule has 128 valence electrons. The number of hydrogen-bond acceptors (Lipinski definition) is 3. The third kappa shape index (κ3) is 3.62. The molecular formula is C17H18ClFN2O2S. The number of halogens is 2. The average molecular weight is 369 g/mol. The molecule has 0 atom stereocenters. The van der Waals surface area contributed by atoms with E-state index >= 15 is 0 Å². The van der Waals surface area contributed by atoms with Gasteiger partial charge in [0.05, 0.1) is 0 Å². The van der Waals surface area contributed by atoms with Gasteiger partial charge in [-0.3, -0.25) is 4.90 Å². The zero-order valence-corrected chi connectivity index (χ0v) is 14.6. The molecule has 0 N–H and O–H groups in total. The summed E-state index contributed by atoms with van der Waals surface area (Å²) in [6.07, 6.45) is 0. The molecule has 0 spiro atoms. The van der Waals surface area contributed by atoms with Crippen LogP contribution in [0.15, 0.2) is 53.4 Å². The van der Waals surface area contributed by atoms with Gasteiger partial charge in [0.25, 0.3) is 0 Å². The maximum Gasteiger partial charge on any atom is 0.246 e. The Bertz CT molecular complexity index is 821. The Morgan fingerprint density at radius 3 is 2.25 bits per heavy atom. The van der Waals surface area contributed by atoms with Crippen LogP contribution in [-0.4, -0.2) is 43.8 Å². The monoisotopic (exact) mass is 368 g/mol. The van der Waals surface area contributed by atoms with E-state index < -0.39 is 15.8 Å². The van der Waals surface area contributed by atoms with Crippen molar-refractivity contribution < 1.29 is 12.8 Å². The van der Waals surface area contributed by atoms with Crippen LogP contribution in [0.5, 0.6) is 0 Å². The Morgan fingerprint density at radius 2 is 1.58 bits per heavy atom. The Hall–Kier alpha value is -1.47. The molecule has 0 unspecified atom stereocenters. The Labute approximate surface area is 146 Å². The molecule has 0 aliphatic carbocycles. The van der Waals surface area contributed by atoms with E-state index in [9.17, 15) is 12.8 Å². The summed E-state index contributed by atoms with van der Waals surface area (Å²) in [5.41, 5.74) is 1.02. The van der Waals surface area contributed by atoms with Crippen molar-refractivity contribution in [3.05, 3.63) is 64.9 Å². The number of benzene rings is 2. The molecule has 24 heavy (non-hydrogen) atoms. The Kier molecular flexibility index (Phi) is 5.20. The second kappa shape index (κ2) is 7.19. The lowest BCUT2D eigenvalue weighted by Crippen LogP contribution is -2.48. The van der Waals surface area contributed by atoms with Crippen LogP contribution in [0, 0.1) is 5.82 Å². The molecule has 0 aromatic heterocycles. The minimum Gasteiger partial charge on any atom is -0.296 e. The van der Waals surface area contributed by atoms with Crippen LogP contribution in [-0.2, 0) is 16.6 Å². The van der Waals surface area contributed by atoms with E-state index in [1.807, 2.05) is 24.3 Å². The van der Waals surface area contributed by atoms with Crippen molar-refractivity contribution in [3.63, 3.8) is 0 Å². The minimum atomic E-state index is -3.79. The predicted molar refractivity (Wildman–Crippen MR) is 91.9 cm³/mol. The molecular weight excluding hydrogens is 351 g/mol. The van der Waals surface area contributed by atoms with Gasteiger partial charge in [-0.15, -0.1) is 0 Å². The van der Waals surface area contributed by atoms with Crippen LogP contribution in [0.25, 0.3) is 0 Å². The molecule has 1 aliphatic rings. The third-order valence-electron chi connectivity index (χ3n) is 4.14. The summed E-state index contributed by atoms with van der Waals surface area (Å²) in [7, 11) is -3.79.